The van der Waals surface area contributed by atoms with Crippen LogP contribution in [-0.2, 0) is 28.9 Å². The highest BCUT2D eigenvalue weighted by atomic mass is 16.5. The number of nitrogens with one attached hydrogen (secondary N) is 2. The number of hydrogen-bond acceptors (Lipinski definition) is 5. The lowest BCUT2D eigenvalue weighted by atomic mass is 9.95. The molecule has 1 aromatic heterocycles. The molecule has 0 spiro atoms. The first kappa shape index (κ1) is 15.4. The summed E-state index contributed by atoms with van der Waals surface area (Å²) in [4.78, 5) is 21.2. The number of amides is 1. The second-order valence-electron chi connectivity index (χ2n) is 6.06. The van der Waals surface area contributed by atoms with Crippen LogP contribution < -0.4 is 10.6 Å². The number of morpholine rings is 1. The second kappa shape index (κ2) is 7.15. The minimum Gasteiger partial charge on any atom is -0.378 e. The lowest BCUT2D eigenvalue weighted by molar-refractivity contribution is -0.122. The van der Waals surface area contributed by atoms with Gasteiger partial charge >= 0.3 is 0 Å². The van der Waals surface area contributed by atoms with E-state index in [1.165, 1.54) is 24.1 Å². The van der Waals surface area contributed by atoms with Crippen molar-refractivity contribution in [1.82, 2.24) is 20.6 Å². The van der Waals surface area contributed by atoms with Crippen LogP contribution in [0.3, 0.4) is 0 Å². The van der Waals surface area contributed by atoms with Gasteiger partial charge in [-0.2, -0.15) is 0 Å². The SMILES string of the molecule is Cc1nc(CNC(=O)C[C@@H]2COCCN2)nc2c1CCCC2. The zero-order valence-corrected chi connectivity index (χ0v) is 13.2. The Labute approximate surface area is 131 Å². The smallest absolute Gasteiger partial charge is 0.222 e. The van der Waals surface area contributed by atoms with Gasteiger partial charge in [-0.3, -0.25) is 4.79 Å². The standard InChI is InChI=1S/C16H24N4O2/c1-11-13-4-2-3-5-14(13)20-15(19-11)9-18-16(21)8-12-10-22-7-6-17-12/h12,17H,2-10H2,1H3,(H,18,21)/t12-/m1/s1. The average Bonchev–Trinajstić information content (AvgIpc) is 2.54. The highest BCUT2D eigenvalue weighted by molar-refractivity contribution is 5.76. The maximum Gasteiger partial charge on any atom is 0.222 e. The Bertz CT molecular complexity index is 541. The predicted octanol–water partition coefficient (Wildman–Crippen LogP) is 0.659. The van der Waals surface area contributed by atoms with Gasteiger partial charge in [-0.1, -0.05) is 0 Å². The van der Waals surface area contributed by atoms with Gasteiger partial charge in [-0.05, 0) is 38.2 Å². The molecule has 0 saturated carbocycles. The Morgan fingerprint density at radius 2 is 2.23 bits per heavy atom. The van der Waals surface area contributed by atoms with Crippen LogP contribution in [0.25, 0.3) is 0 Å². The number of nitrogens with zero attached hydrogens (tertiary/aromatic N) is 2. The van der Waals surface area contributed by atoms with E-state index in [-0.39, 0.29) is 11.9 Å². The molecule has 1 aliphatic carbocycles. The van der Waals surface area contributed by atoms with Crippen molar-refractivity contribution in [3.8, 4) is 0 Å². The molecular formula is C16H24N4O2. The minimum absolute atomic E-state index is 0.0157. The van der Waals surface area contributed by atoms with Crippen LogP contribution in [0.4, 0.5) is 0 Å². The summed E-state index contributed by atoms with van der Waals surface area (Å²) in [6.07, 6.45) is 4.97. The summed E-state index contributed by atoms with van der Waals surface area (Å²) in [6, 6.07) is 0.111. The van der Waals surface area contributed by atoms with Crippen molar-refractivity contribution in [2.45, 2.75) is 51.6 Å². The Kier molecular flexibility index (Phi) is 5.00. The fourth-order valence-corrected chi connectivity index (χ4v) is 3.15. The molecule has 1 saturated heterocycles. The normalized spacial score (nSPS) is 21.2. The van der Waals surface area contributed by atoms with Gasteiger partial charge in [0.25, 0.3) is 0 Å². The average molecular weight is 304 g/mol. The van der Waals surface area contributed by atoms with E-state index in [4.69, 9.17) is 4.74 Å². The summed E-state index contributed by atoms with van der Waals surface area (Å²) in [6.45, 7) is 4.58. The molecule has 2 aliphatic rings. The molecule has 1 atom stereocenters. The summed E-state index contributed by atoms with van der Waals surface area (Å²) in [5.74, 6) is 0.737. The predicted molar refractivity (Wildman–Crippen MR) is 82.5 cm³/mol. The monoisotopic (exact) mass is 304 g/mol. The van der Waals surface area contributed by atoms with Crippen LogP contribution >= 0.6 is 0 Å². The van der Waals surface area contributed by atoms with E-state index in [2.05, 4.69) is 20.6 Å². The Morgan fingerprint density at radius 3 is 3.05 bits per heavy atom. The van der Waals surface area contributed by atoms with E-state index in [1.54, 1.807) is 0 Å². The van der Waals surface area contributed by atoms with Crippen molar-refractivity contribution in [2.24, 2.45) is 0 Å². The highest BCUT2D eigenvalue weighted by Crippen LogP contribution is 2.21. The molecule has 2 N–H and O–H groups in total. The first-order valence-electron chi connectivity index (χ1n) is 8.15. The van der Waals surface area contributed by atoms with Crippen LogP contribution in [0.1, 0.15) is 42.0 Å². The Hall–Kier alpha value is -1.53. The zero-order valence-electron chi connectivity index (χ0n) is 13.2. The molecule has 6 nitrogen and oxygen atoms in total. The first-order chi connectivity index (χ1) is 10.7. The molecule has 0 aromatic carbocycles. The van der Waals surface area contributed by atoms with Crippen LogP contribution in [0.2, 0.25) is 0 Å². The third-order valence-electron chi connectivity index (χ3n) is 4.31. The first-order valence-corrected chi connectivity index (χ1v) is 8.15. The third-order valence-corrected chi connectivity index (χ3v) is 4.31. The third kappa shape index (κ3) is 3.81. The molecule has 2 heterocycles. The molecule has 3 rings (SSSR count). The summed E-state index contributed by atoms with van der Waals surface area (Å²) in [5, 5.41) is 6.20. The lowest BCUT2D eigenvalue weighted by Crippen LogP contribution is -2.44. The summed E-state index contributed by atoms with van der Waals surface area (Å²) < 4.78 is 5.36. The lowest BCUT2D eigenvalue weighted by Gasteiger charge is -2.23. The van der Waals surface area contributed by atoms with Gasteiger partial charge in [0.2, 0.25) is 5.91 Å². The van der Waals surface area contributed by atoms with E-state index < -0.39 is 0 Å². The zero-order chi connectivity index (χ0) is 15.4. The largest absolute Gasteiger partial charge is 0.378 e. The molecule has 22 heavy (non-hydrogen) atoms. The molecular weight excluding hydrogens is 280 g/mol. The van der Waals surface area contributed by atoms with E-state index in [9.17, 15) is 4.79 Å². The number of carbonyl (C=O) groups excluding carboxylic acids is 1. The van der Waals surface area contributed by atoms with Gasteiger partial charge in [-0.15, -0.1) is 0 Å². The van der Waals surface area contributed by atoms with Gasteiger partial charge < -0.3 is 15.4 Å². The van der Waals surface area contributed by atoms with Crippen LogP contribution in [0.15, 0.2) is 0 Å². The number of fused-ring (bicyclic) bond motifs is 1. The summed E-state index contributed by atoms with van der Waals surface area (Å²) in [7, 11) is 0. The quantitative estimate of drug-likeness (QED) is 0.854. The van der Waals surface area contributed by atoms with Crippen LogP contribution in [0, 0.1) is 6.92 Å². The molecule has 1 amide bonds. The molecule has 120 valence electrons. The summed E-state index contributed by atoms with van der Waals surface area (Å²) >= 11 is 0. The van der Waals surface area contributed by atoms with Crippen molar-refractivity contribution in [1.29, 1.82) is 0 Å². The number of carbonyl (C=O) groups is 1. The van der Waals surface area contributed by atoms with Crippen molar-refractivity contribution in [3.63, 3.8) is 0 Å². The molecule has 0 radical (unpaired) electrons. The van der Waals surface area contributed by atoms with Gasteiger partial charge in [0.05, 0.1) is 19.8 Å². The van der Waals surface area contributed by atoms with E-state index in [0.717, 1.165) is 37.5 Å². The molecule has 1 aromatic rings. The fraction of sp³-hybridized carbons (Fsp3) is 0.688. The van der Waals surface area contributed by atoms with E-state index in [1.807, 2.05) is 6.92 Å². The van der Waals surface area contributed by atoms with Crippen molar-refractivity contribution < 1.29 is 9.53 Å². The number of aryl methyl sites for hydroxylation is 2. The maximum atomic E-state index is 12.0. The van der Waals surface area contributed by atoms with Gasteiger partial charge in [0.15, 0.2) is 0 Å². The minimum atomic E-state index is 0.0157. The number of hydrogen-bond donors (Lipinski definition) is 2. The number of rotatable bonds is 4. The van der Waals surface area contributed by atoms with Crippen molar-refractivity contribution in [2.75, 3.05) is 19.8 Å². The molecule has 0 bridgehead atoms. The van der Waals surface area contributed by atoms with Gasteiger partial charge in [-0.25, -0.2) is 9.97 Å². The second-order valence-corrected chi connectivity index (χ2v) is 6.06. The molecule has 1 fully saturated rings. The van der Waals surface area contributed by atoms with Gasteiger partial charge in [0, 0.05) is 30.4 Å². The molecule has 6 heteroatoms. The highest BCUT2D eigenvalue weighted by Gasteiger charge is 2.18. The Morgan fingerprint density at radius 1 is 1.36 bits per heavy atom. The van der Waals surface area contributed by atoms with E-state index >= 15 is 0 Å². The van der Waals surface area contributed by atoms with Crippen LogP contribution in [0.5, 0.6) is 0 Å². The number of ether oxygens (including phenoxy) is 1. The van der Waals surface area contributed by atoms with Gasteiger partial charge in [0.1, 0.15) is 5.82 Å². The molecule has 1 aliphatic heterocycles. The van der Waals surface area contributed by atoms with Crippen LogP contribution in [-0.4, -0.2) is 41.7 Å². The Balaban J connectivity index is 1.54. The van der Waals surface area contributed by atoms with E-state index in [0.29, 0.717) is 19.6 Å². The number of aromatic nitrogens is 2. The van der Waals surface area contributed by atoms with Crippen molar-refractivity contribution in [3.05, 3.63) is 22.8 Å². The topological polar surface area (TPSA) is 76.1 Å². The fourth-order valence-electron chi connectivity index (χ4n) is 3.15. The molecule has 0 unspecified atom stereocenters. The van der Waals surface area contributed by atoms with Crippen molar-refractivity contribution >= 4 is 5.91 Å². The maximum absolute atomic E-state index is 12.0. The summed E-state index contributed by atoms with van der Waals surface area (Å²) in [5.41, 5.74) is 3.55.